The minimum Gasteiger partial charge on any atom is -0.484 e. The predicted molar refractivity (Wildman–Crippen MR) is 90.7 cm³/mol. The normalized spacial score (nSPS) is 11.6. The van der Waals surface area contributed by atoms with Crippen molar-refractivity contribution < 1.29 is 19.6 Å². The second kappa shape index (κ2) is 8.42. The monoisotopic (exact) mass is 394 g/mol. The molecule has 126 valence electrons. The third-order valence-corrected chi connectivity index (χ3v) is 3.64. The number of nitrogens with zero attached hydrogens (tertiary/aromatic N) is 1. The highest BCUT2D eigenvalue weighted by molar-refractivity contribution is 9.10. The first-order valence-electron chi connectivity index (χ1n) is 7.03. The summed E-state index contributed by atoms with van der Waals surface area (Å²) < 4.78 is 6.17. The number of hydrogen-bond donors (Lipinski definition) is 2. The summed E-state index contributed by atoms with van der Waals surface area (Å²) in [6.07, 6.45) is -0.958. The van der Waals surface area contributed by atoms with Gasteiger partial charge >= 0.3 is 0 Å². The van der Waals surface area contributed by atoms with Crippen molar-refractivity contribution >= 4 is 27.5 Å². The van der Waals surface area contributed by atoms with Gasteiger partial charge in [0, 0.05) is 23.2 Å². The molecule has 2 rings (SSSR count). The fraction of sp³-hybridized carbons (Fsp3) is 0.188. The Morgan fingerprint density at radius 2 is 2.00 bits per heavy atom. The van der Waals surface area contributed by atoms with E-state index in [-0.39, 0.29) is 24.7 Å². The van der Waals surface area contributed by atoms with E-state index in [2.05, 4.69) is 21.2 Å². The number of hydrogen-bond acceptors (Lipinski definition) is 5. The fourth-order valence-corrected chi connectivity index (χ4v) is 2.28. The van der Waals surface area contributed by atoms with Crippen LogP contribution in [0.4, 0.5) is 5.69 Å². The highest BCUT2D eigenvalue weighted by Gasteiger charge is 2.12. The van der Waals surface area contributed by atoms with Gasteiger partial charge in [0.05, 0.1) is 11.0 Å². The van der Waals surface area contributed by atoms with Gasteiger partial charge < -0.3 is 15.2 Å². The quantitative estimate of drug-likeness (QED) is 0.554. The number of carbonyl (C=O) groups excluding carboxylic acids is 1. The zero-order valence-electron chi connectivity index (χ0n) is 12.5. The van der Waals surface area contributed by atoms with Crippen LogP contribution in [0.5, 0.6) is 5.75 Å². The van der Waals surface area contributed by atoms with Gasteiger partial charge in [-0.2, -0.15) is 0 Å². The molecule has 1 atom stereocenters. The van der Waals surface area contributed by atoms with E-state index >= 15 is 0 Å². The third-order valence-electron chi connectivity index (χ3n) is 3.15. The highest BCUT2D eigenvalue weighted by Crippen LogP contribution is 2.18. The van der Waals surface area contributed by atoms with Crippen LogP contribution in [0.25, 0.3) is 0 Å². The van der Waals surface area contributed by atoms with Crippen molar-refractivity contribution in [2.45, 2.75) is 6.10 Å². The number of aliphatic hydroxyl groups is 1. The van der Waals surface area contributed by atoms with Crippen molar-refractivity contribution in [1.82, 2.24) is 5.32 Å². The molecule has 8 heteroatoms. The molecule has 0 aliphatic rings. The summed E-state index contributed by atoms with van der Waals surface area (Å²) in [4.78, 5) is 21.8. The molecule has 0 unspecified atom stereocenters. The molecule has 2 aromatic rings. The lowest BCUT2D eigenvalue weighted by molar-refractivity contribution is -0.384. The van der Waals surface area contributed by atoms with Crippen LogP contribution in [-0.4, -0.2) is 29.1 Å². The van der Waals surface area contributed by atoms with Crippen LogP contribution in [-0.2, 0) is 4.79 Å². The Morgan fingerprint density at radius 3 is 2.62 bits per heavy atom. The second-order valence-corrected chi connectivity index (χ2v) is 5.83. The van der Waals surface area contributed by atoms with E-state index in [4.69, 9.17) is 4.74 Å². The van der Waals surface area contributed by atoms with Crippen molar-refractivity contribution in [3.63, 3.8) is 0 Å². The first-order valence-corrected chi connectivity index (χ1v) is 7.82. The summed E-state index contributed by atoms with van der Waals surface area (Å²) in [5.41, 5.74) is 0.422. The van der Waals surface area contributed by atoms with E-state index in [1.165, 1.54) is 24.3 Å². The Balaban J connectivity index is 1.79. The lowest BCUT2D eigenvalue weighted by atomic mass is 10.1. The molecule has 2 N–H and O–H groups in total. The predicted octanol–water partition coefficient (Wildman–Crippen LogP) is 2.59. The average molecular weight is 395 g/mol. The van der Waals surface area contributed by atoms with Gasteiger partial charge in [0.1, 0.15) is 5.75 Å². The summed E-state index contributed by atoms with van der Waals surface area (Å²) in [5.74, 6) is 0.173. The van der Waals surface area contributed by atoms with E-state index in [1.54, 1.807) is 18.2 Å². The molecular weight excluding hydrogens is 380 g/mol. The molecule has 0 aliphatic heterocycles. The number of non-ortho nitro benzene ring substituents is 1. The number of amides is 1. The number of benzene rings is 2. The number of aliphatic hydroxyl groups excluding tert-OH is 1. The van der Waals surface area contributed by atoms with Crippen LogP contribution in [0.3, 0.4) is 0 Å². The average Bonchev–Trinajstić information content (AvgIpc) is 2.58. The van der Waals surface area contributed by atoms with Gasteiger partial charge in [-0.3, -0.25) is 14.9 Å². The summed E-state index contributed by atoms with van der Waals surface area (Å²) >= 11 is 3.30. The van der Waals surface area contributed by atoms with Gasteiger partial charge in [0.25, 0.3) is 11.6 Å². The minimum atomic E-state index is -0.958. The van der Waals surface area contributed by atoms with Crippen molar-refractivity contribution in [3.05, 3.63) is 68.7 Å². The van der Waals surface area contributed by atoms with E-state index in [9.17, 15) is 20.0 Å². The Labute approximate surface area is 146 Å². The van der Waals surface area contributed by atoms with Crippen molar-refractivity contribution in [3.8, 4) is 5.75 Å². The number of nitro benzene ring substituents is 1. The SMILES string of the molecule is O=C(COc1cccc(Br)c1)NC[C@H](O)c1ccc([N+](=O)[O-])cc1. The van der Waals surface area contributed by atoms with Crippen molar-refractivity contribution in [1.29, 1.82) is 0 Å². The molecule has 0 heterocycles. The molecule has 0 radical (unpaired) electrons. The smallest absolute Gasteiger partial charge is 0.269 e. The Morgan fingerprint density at radius 1 is 1.29 bits per heavy atom. The van der Waals surface area contributed by atoms with E-state index in [1.807, 2.05) is 6.07 Å². The minimum absolute atomic E-state index is 0.0154. The maximum Gasteiger partial charge on any atom is 0.269 e. The Hall–Kier alpha value is -2.45. The molecular formula is C16H15BrN2O5. The molecule has 0 saturated carbocycles. The number of nitro groups is 1. The summed E-state index contributed by atoms with van der Waals surface area (Å²) in [6, 6.07) is 12.6. The molecule has 0 bridgehead atoms. The molecule has 2 aromatic carbocycles. The van der Waals surface area contributed by atoms with Crippen molar-refractivity contribution in [2.75, 3.05) is 13.2 Å². The van der Waals surface area contributed by atoms with Gasteiger partial charge in [-0.15, -0.1) is 0 Å². The summed E-state index contributed by atoms with van der Waals surface area (Å²) in [6.45, 7) is -0.193. The van der Waals surface area contributed by atoms with Gasteiger partial charge in [-0.1, -0.05) is 22.0 Å². The third kappa shape index (κ3) is 5.32. The first kappa shape index (κ1) is 17.9. The van der Waals surface area contributed by atoms with Crippen LogP contribution < -0.4 is 10.1 Å². The molecule has 7 nitrogen and oxygen atoms in total. The zero-order chi connectivity index (χ0) is 17.5. The van der Waals surface area contributed by atoms with E-state index < -0.39 is 11.0 Å². The molecule has 0 aliphatic carbocycles. The lowest BCUT2D eigenvalue weighted by Gasteiger charge is -2.12. The Kier molecular flexibility index (Phi) is 6.28. The van der Waals surface area contributed by atoms with Gasteiger partial charge in [-0.05, 0) is 35.9 Å². The largest absolute Gasteiger partial charge is 0.484 e. The van der Waals surface area contributed by atoms with E-state index in [0.29, 0.717) is 11.3 Å². The number of halogens is 1. The van der Waals surface area contributed by atoms with Crippen LogP contribution in [0.2, 0.25) is 0 Å². The van der Waals surface area contributed by atoms with Gasteiger partial charge in [-0.25, -0.2) is 0 Å². The fourth-order valence-electron chi connectivity index (χ4n) is 1.90. The van der Waals surface area contributed by atoms with Crippen LogP contribution in [0.15, 0.2) is 53.0 Å². The van der Waals surface area contributed by atoms with Gasteiger partial charge in [0.15, 0.2) is 6.61 Å². The van der Waals surface area contributed by atoms with Crippen LogP contribution >= 0.6 is 15.9 Å². The number of carbonyl (C=O) groups is 1. The van der Waals surface area contributed by atoms with Crippen LogP contribution in [0, 0.1) is 10.1 Å². The standard InChI is InChI=1S/C16H15BrN2O5/c17-12-2-1-3-14(8-12)24-10-16(21)18-9-15(20)11-4-6-13(7-5-11)19(22)23/h1-8,15,20H,9-10H2,(H,18,21)/t15-/m0/s1. The topological polar surface area (TPSA) is 102 Å². The molecule has 1 amide bonds. The zero-order valence-corrected chi connectivity index (χ0v) is 14.1. The number of nitrogens with one attached hydrogen (secondary N) is 1. The lowest BCUT2D eigenvalue weighted by Crippen LogP contribution is -2.32. The molecule has 24 heavy (non-hydrogen) atoms. The molecule has 0 spiro atoms. The number of ether oxygens (including phenoxy) is 1. The number of rotatable bonds is 7. The van der Waals surface area contributed by atoms with E-state index in [0.717, 1.165) is 4.47 Å². The maximum absolute atomic E-state index is 11.7. The first-order chi connectivity index (χ1) is 11.5. The summed E-state index contributed by atoms with van der Waals surface area (Å²) in [5, 5.41) is 23.1. The molecule has 0 fully saturated rings. The maximum atomic E-state index is 11.7. The molecule has 0 saturated heterocycles. The van der Waals surface area contributed by atoms with Crippen LogP contribution in [0.1, 0.15) is 11.7 Å². The van der Waals surface area contributed by atoms with Crippen molar-refractivity contribution in [2.24, 2.45) is 0 Å². The van der Waals surface area contributed by atoms with Gasteiger partial charge in [0.2, 0.25) is 0 Å². The Bertz CT molecular complexity index is 721. The molecule has 0 aromatic heterocycles. The summed E-state index contributed by atoms with van der Waals surface area (Å²) in [7, 11) is 0. The highest BCUT2D eigenvalue weighted by atomic mass is 79.9. The second-order valence-electron chi connectivity index (χ2n) is 4.91.